The van der Waals surface area contributed by atoms with E-state index in [1.807, 2.05) is 49.1 Å². The first-order valence-electron chi connectivity index (χ1n) is 12.1. The van der Waals surface area contributed by atoms with Crippen molar-refractivity contribution in [2.75, 3.05) is 6.54 Å². The van der Waals surface area contributed by atoms with Crippen LogP contribution in [0.4, 0.5) is 0 Å². The highest BCUT2D eigenvalue weighted by Crippen LogP contribution is 2.28. The van der Waals surface area contributed by atoms with Gasteiger partial charge in [-0.15, -0.1) is 0 Å². The Balaban J connectivity index is 2.19. The third-order valence-electron chi connectivity index (χ3n) is 5.97. The van der Waals surface area contributed by atoms with Gasteiger partial charge in [-0.3, -0.25) is 14.2 Å². The number of unbranched alkanes of at least 4 members (excludes halogenated alkanes) is 3. The summed E-state index contributed by atoms with van der Waals surface area (Å²) in [5, 5.41) is 1.09. The molecule has 1 unspecified atom stereocenters. The maximum atomic E-state index is 13.7. The molecule has 0 fully saturated rings. The van der Waals surface area contributed by atoms with Crippen LogP contribution >= 0.6 is 11.6 Å². The predicted octanol–water partition coefficient (Wildman–Crippen LogP) is 6.70. The molecule has 5 nitrogen and oxygen atoms in total. The number of halogens is 1. The van der Waals surface area contributed by atoms with E-state index < -0.39 is 0 Å². The van der Waals surface area contributed by atoms with E-state index in [9.17, 15) is 9.59 Å². The van der Waals surface area contributed by atoms with Gasteiger partial charge in [0.25, 0.3) is 5.56 Å². The Kier molecular flexibility index (Phi) is 9.07. The quantitative estimate of drug-likeness (QED) is 0.295. The average Bonchev–Trinajstić information content (AvgIpc) is 2.81. The Bertz CT molecular complexity index is 1140. The summed E-state index contributed by atoms with van der Waals surface area (Å²) >= 11 is 6.28. The van der Waals surface area contributed by atoms with Crippen LogP contribution in [0.3, 0.4) is 0 Å². The van der Waals surface area contributed by atoms with E-state index in [1.54, 1.807) is 22.8 Å². The highest BCUT2D eigenvalue weighted by atomic mass is 35.5. The van der Waals surface area contributed by atoms with E-state index in [-0.39, 0.29) is 17.5 Å². The lowest BCUT2D eigenvalue weighted by molar-refractivity contribution is -0.134. The molecule has 2 aromatic carbocycles. The van der Waals surface area contributed by atoms with Gasteiger partial charge in [-0.1, -0.05) is 69.8 Å². The third kappa shape index (κ3) is 5.83. The molecule has 176 valence electrons. The number of fused-ring (bicyclic) bond motifs is 1. The van der Waals surface area contributed by atoms with E-state index in [1.165, 1.54) is 0 Å². The number of carbonyl (C=O) groups excluding carboxylic acids is 1. The topological polar surface area (TPSA) is 55.2 Å². The molecule has 0 aliphatic heterocycles. The molecular formula is C27H34ClN3O2. The molecule has 0 saturated carbocycles. The predicted molar refractivity (Wildman–Crippen MR) is 136 cm³/mol. The zero-order valence-electron chi connectivity index (χ0n) is 19.9. The molecule has 0 spiro atoms. The molecular weight excluding hydrogens is 434 g/mol. The molecule has 33 heavy (non-hydrogen) atoms. The standard InChI is InChI=1S/C27H34ClN3O2/c1-4-7-8-11-18-30(25(32)13-5-2)24(6-3)26-29-23-17-10-9-16-22(23)27(33)31(26)21-15-12-14-20(28)19-21/h9-10,12,14-17,19,24H,4-8,11,13,18H2,1-3H3. The monoisotopic (exact) mass is 467 g/mol. The number of benzene rings is 2. The van der Waals surface area contributed by atoms with Crippen LogP contribution in [0.15, 0.2) is 53.3 Å². The zero-order chi connectivity index (χ0) is 23.8. The summed E-state index contributed by atoms with van der Waals surface area (Å²) in [5.41, 5.74) is 1.15. The lowest BCUT2D eigenvalue weighted by Crippen LogP contribution is -2.39. The summed E-state index contributed by atoms with van der Waals surface area (Å²) < 4.78 is 1.64. The lowest BCUT2D eigenvalue weighted by Gasteiger charge is -2.32. The van der Waals surface area contributed by atoms with E-state index in [2.05, 4.69) is 6.92 Å². The van der Waals surface area contributed by atoms with Gasteiger partial charge in [0.05, 0.1) is 22.6 Å². The van der Waals surface area contributed by atoms with Gasteiger partial charge in [-0.25, -0.2) is 4.98 Å². The molecule has 1 aromatic heterocycles. The summed E-state index contributed by atoms with van der Waals surface area (Å²) in [6, 6.07) is 14.3. The van der Waals surface area contributed by atoms with Crippen LogP contribution in [0.25, 0.3) is 16.6 Å². The fourth-order valence-electron chi connectivity index (χ4n) is 4.30. The number of carbonyl (C=O) groups is 1. The van der Waals surface area contributed by atoms with Crippen molar-refractivity contribution in [3.05, 3.63) is 69.7 Å². The first-order chi connectivity index (χ1) is 16.0. The third-order valence-corrected chi connectivity index (χ3v) is 6.20. The molecule has 0 saturated heterocycles. The number of hydrogen-bond donors (Lipinski definition) is 0. The maximum Gasteiger partial charge on any atom is 0.266 e. The number of aromatic nitrogens is 2. The van der Waals surface area contributed by atoms with Gasteiger partial charge in [0.15, 0.2) is 0 Å². The van der Waals surface area contributed by atoms with Crippen LogP contribution in [0, 0.1) is 0 Å². The molecule has 0 N–H and O–H groups in total. The summed E-state index contributed by atoms with van der Waals surface area (Å²) in [5.74, 6) is 0.698. The molecule has 0 bridgehead atoms. The Morgan fingerprint density at radius 3 is 2.52 bits per heavy atom. The van der Waals surface area contributed by atoms with Crippen molar-refractivity contribution < 1.29 is 4.79 Å². The minimum atomic E-state index is -0.304. The van der Waals surface area contributed by atoms with Crippen LogP contribution in [0.1, 0.15) is 77.6 Å². The Labute approximate surface area is 201 Å². The molecule has 3 rings (SSSR count). The van der Waals surface area contributed by atoms with Gasteiger partial charge in [0.1, 0.15) is 5.82 Å². The molecule has 1 heterocycles. The van der Waals surface area contributed by atoms with E-state index in [0.717, 1.165) is 32.1 Å². The number of amides is 1. The van der Waals surface area contributed by atoms with Crippen molar-refractivity contribution in [2.24, 2.45) is 0 Å². The van der Waals surface area contributed by atoms with Gasteiger partial charge in [0, 0.05) is 18.0 Å². The number of nitrogens with zero attached hydrogens (tertiary/aromatic N) is 3. The molecule has 6 heteroatoms. The van der Waals surface area contributed by atoms with Crippen molar-refractivity contribution in [1.82, 2.24) is 14.5 Å². The van der Waals surface area contributed by atoms with Crippen molar-refractivity contribution in [1.29, 1.82) is 0 Å². The van der Waals surface area contributed by atoms with E-state index in [4.69, 9.17) is 16.6 Å². The van der Waals surface area contributed by atoms with Crippen LogP contribution in [0.2, 0.25) is 5.02 Å². The second-order valence-corrected chi connectivity index (χ2v) is 8.87. The summed E-state index contributed by atoms with van der Waals surface area (Å²) in [6.07, 6.45) is 6.24. The van der Waals surface area contributed by atoms with Crippen LogP contribution in [-0.4, -0.2) is 26.9 Å². The second kappa shape index (κ2) is 12.0. The highest BCUT2D eigenvalue weighted by Gasteiger charge is 2.28. The smallest absolute Gasteiger partial charge is 0.266 e. The Hall–Kier alpha value is -2.66. The Morgan fingerprint density at radius 2 is 1.82 bits per heavy atom. The number of para-hydroxylation sites is 1. The minimum absolute atomic E-state index is 0.112. The zero-order valence-corrected chi connectivity index (χ0v) is 20.6. The average molecular weight is 468 g/mol. The van der Waals surface area contributed by atoms with Crippen molar-refractivity contribution >= 4 is 28.4 Å². The number of rotatable bonds is 11. The first-order valence-corrected chi connectivity index (χ1v) is 12.5. The number of hydrogen-bond acceptors (Lipinski definition) is 3. The van der Waals surface area contributed by atoms with Crippen LogP contribution in [0.5, 0.6) is 0 Å². The van der Waals surface area contributed by atoms with Crippen molar-refractivity contribution in [3.63, 3.8) is 0 Å². The Morgan fingerprint density at radius 1 is 1.03 bits per heavy atom. The van der Waals surface area contributed by atoms with Crippen molar-refractivity contribution in [2.45, 2.75) is 71.8 Å². The van der Waals surface area contributed by atoms with Gasteiger partial charge in [-0.2, -0.15) is 0 Å². The molecule has 3 aromatic rings. The summed E-state index contributed by atoms with van der Waals surface area (Å²) in [4.78, 5) is 33.8. The second-order valence-electron chi connectivity index (χ2n) is 8.43. The molecule has 0 radical (unpaired) electrons. The fraction of sp³-hybridized carbons (Fsp3) is 0.444. The molecule has 0 aliphatic rings. The molecule has 1 amide bonds. The van der Waals surface area contributed by atoms with E-state index >= 15 is 0 Å². The van der Waals surface area contributed by atoms with Crippen molar-refractivity contribution in [3.8, 4) is 5.69 Å². The lowest BCUT2D eigenvalue weighted by atomic mass is 10.1. The normalized spacial score (nSPS) is 12.1. The van der Waals surface area contributed by atoms with Gasteiger partial charge < -0.3 is 4.90 Å². The van der Waals surface area contributed by atoms with Crippen LogP contribution in [-0.2, 0) is 4.79 Å². The maximum absolute atomic E-state index is 13.7. The molecule has 0 aliphatic carbocycles. The minimum Gasteiger partial charge on any atom is -0.333 e. The highest BCUT2D eigenvalue weighted by molar-refractivity contribution is 6.30. The largest absolute Gasteiger partial charge is 0.333 e. The summed E-state index contributed by atoms with van der Waals surface area (Å²) in [6.45, 7) is 6.91. The van der Waals surface area contributed by atoms with Gasteiger partial charge in [-0.05, 0) is 49.6 Å². The van der Waals surface area contributed by atoms with Gasteiger partial charge >= 0.3 is 0 Å². The molecule has 1 atom stereocenters. The van der Waals surface area contributed by atoms with Gasteiger partial charge in [0.2, 0.25) is 5.91 Å². The summed E-state index contributed by atoms with van der Waals surface area (Å²) in [7, 11) is 0. The van der Waals surface area contributed by atoms with Crippen LogP contribution < -0.4 is 5.56 Å². The SMILES string of the molecule is CCCCCCN(C(=O)CCC)C(CC)c1nc2ccccc2c(=O)n1-c1cccc(Cl)c1. The first kappa shape index (κ1) is 25.0. The van der Waals surface area contributed by atoms with E-state index in [0.29, 0.717) is 46.8 Å². The fourth-order valence-corrected chi connectivity index (χ4v) is 4.49.